The molecule has 16 heavy (non-hydrogen) atoms. The van der Waals surface area contributed by atoms with E-state index < -0.39 is 0 Å². The standard InChI is InChI=1S/C11H16N2O2S/c1-7-6-9(8(2)15-7)11(14)13(3)5-4-10(12)16/h6H,4-5H2,1-3H3,(H2,12,16). The number of carbonyl (C=O) groups is 1. The number of thiocarbonyl (C=S) groups is 1. The molecule has 1 amide bonds. The first-order valence-corrected chi connectivity index (χ1v) is 5.43. The van der Waals surface area contributed by atoms with Gasteiger partial charge in [-0.15, -0.1) is 0 Å². The SMILES string of the molecule is Cc1cc(C(=O)N(C)CCC(N)=S)c(C)o1. The highest BCUT2D eigenvalue weighted by molar-refractivity contribution is 7.80. The van der Waals surface area contributed by atoms with Crippen LogP contribution < -0.4 is 5.73 Å². The normalized spacial score (nSPS) is 10.2. The van der Waals surface area contributed by atoms with E-state index in [4.69, 9.17) is 22.4 Å². The average molecular weight is 240 g/mol. The molecule has 4 nitrogen and oxygen atoms in total. The molecule has 1 aromatic rings. The molecule has 88 valence electrons. The highest BCUT2D eigenvalue weighted by Gasteiger charge is 2.17. The highest BCUT2D eigenvalue weighted by Crippen LogP contribution is 2.15. The summed E-state index contributed by atoms with van der Waals surface area (Å²) in [6.07, 6.45) is 0.535. The lowest BCUT2D eigenvalue weighted by Crippen LogP contribution is -2.30. The molecule has 1 heterocycles. The second-order valence-electron chi connectivity index (χ2n) is 3.77. The van der Waals surface area contributed by atoms with E-state index in [-0.39, 0.29) is 5.91 Å². The third-order valence-electron chi connectivity index (χ3n) is 2.31. The fourth-order valence-corrected chi connectivity index (χ4v) is 1.52. The molecule has 0 unspecified atom stereocenters. The smallest absolute Gasteiger partial charge is 0.257 e. The Balaban J connectivity index is 2.70. The third kappa shape index (κ3) is 3.06. The van der Waals surface area contributed by atoms with Crippen LogP contribution in [0.5, 0.6) is 0 Å². The van der Waals surface area contributed by atoms with Crippen molar-refractivity contribution < 1.29 is 9.21 Å². The Kier molecular flexibility index (Phi) is 4.06. The Morgan fingerprint density at radius 3 is 2.62 bits per heavy atom. The van der Waals surface area contributed by atoms with E-state index in [2.05, 4.69) is 0 Å². The van der Waals surface area contributed by atoms with E-state index in [0.29, 0.717) is 29.3 Å². The first-order valence-electron chi connectivity index (χ1n) is 5.02. The molecule has 2 N–H and O–H groups in total. The predicted molar refractivity (Wildman–Crippen MR) is 66.5 cm³/mol. The Morgan fingerprint density at radius 2 is 2.19 bits per heavy atom. The Labute approximate surface area is 100 Å². The summed E-state index contributed by atoms with van der Waals surface area (Å²) in [6.45, 7) is 4.12. The van der Waals surface area contributed by atoms with Gasteiger partial charge in [-0.25, -0.2) is 0 Å². The molecular weight excluding hydrogens is 224 g/mol. The molecule has 0 spiro atoms. The lowest BCUT2D eigenvalue weighted by molar-refractivity contribution is 0.0797. The van der Waals surface area contributed by atoms with Crippen LogP contribution in [0, 0.1) is 13.8 Å². The first-order chi connectivity index (χ1) is 7.41. The molecular formula is C11H16N2O2S. The average Bonchev–Trinajstić information content (AvgIpc) is 2.53. The fourth-order valence-electron chi connectivity index (χ4n) is 1.43. The lowest BCUT2D eigenvalue weighted by atomic mass is 10.2. The van der Waals surface area contributed by atoms with Crippen molar-refractivity contribution in [2.45, 2.75) is 20.3 Å². The van der Waals surface area contributed by atoms with Gasteiger partial charge >= 0.3 is 0 Å². The van der Waals surface area contributed by atoms with E-state index in [1.807, 2.05) is 6.92 Å². The summed E-state index contributed by atoms with van der Waals surface area (Å²) in [6, 6.07) is 1.74. The monoisotopic (exact) mass is 240 g/mol. The van der Waals surface area contributed by atoms with Gasteiger partial charge < -0.3 is 15.1 Å². The largest absolute Gasteiger partial charge is 0.466 e. The Hall–Kier alpha value is -1.36. The predicted octanol–water partition coefficient (Wildman–Crippen LogP) is 1.64. The number of nitrogens with two attached hydrogens (primary N) is 1. The van der Waals surface area contributed by atoms with Crippen molar-refractivity contribution in [3.8, 4) is 0 Å². The molecule has 0 saturated heterocycles. The zero-order chi connectivity index (χ0) is 12.3. The molecule has 5 heteroatoms. The molecule has 1 aromatic heterocycles. The van der Waals surface area contributed by atoms with Crippen molar-refractivity contribution in [3.63, 3.8) is 0 Å². The Morgan fingerprint density at radius 1 is 1.56 bits per heavy atom. The number of aryl methyl sites for hydroxylation is 2. The summed E-state index contributed by atoms with van der Waals surface area (Å²) >= 11 is 4.77. The summed E-state index contributed by atoms with van der Waals surface area (Å²) in [5, 5.41) is 0. The second-order valence-corrected chi connectivity index (χ2v) is 4.29. The minimum absolute atomic E-state index is 0.0643. The minimum Gasteiger partial charge on any atom is -0.466 e. The number of hydrogen-bond acceptors (Lipinski definition) is 3. The van der Waals surface area contributed by atoms with E-state index in [0.717, 1.165) is 5.76 Å². The number of hydrogen-bond donors (Lipinski definition) is 1. The van der Waals surface area contributed by atoms with E-state index in [1.165, 1.54) is 0 Å². The van der Waals surface area contributed by atoms with Crippen molar-refractivity contribution in [2.24, 2.45) is 5.73 Å². The van der Waals surface area contributed by atoms with Gasteiger partial charge in [-0.05, 0) is 19.9 Å². The van der Waals surface area contributed by atoms with Crippen LogP contribution in [-0.2, 0) is 0 Å². The summed E-state index contributed by atoms with van der Waals surface area (Å²) in [4.78, 5) is 14.0. The molecule has 1 rings (SSSR count). The maximum atomic E-state index is 12.0. The molecule has 0 radical (unpaired) electrons. The molecule has 0 aliphatic heterocycles. The van der Waals surface area contributed by atoms with Crippen molar-refractivity contribution in [3.05, 3.63) is 23.2 Å². The maximum absolute atomic E-state index is 12.0. The zero-order valence-corrected chi connectivity index (χ0v) is 10.6. The quantitative estimate of drug-likeness (QED) is 0.813. The van der Waals surface area contributed by atoms with E-state index >= 15 is 0 Å². The maximum Gasteiger partial charge on any atom is 0.257 e. The summed E-state index contributed by atoms with van der Waals surface area (Å²) in [5.41, 5.74) is 5.99. The summed E-state index contributed by atoms with van der Waals surface area (Å²) in [7, 11) is 1.72. The van der Waals surface area contributed by atoms with Crippen LogP contribution in [0.25, 0.3) is 0 Å². The second kappa shape index (κ2) is 5.12. The molecule has 0 aliphatic carbocycles. The van der Waals surface area contributed by atoms with Gasteiger partial charge in [0.05, 0.1) is 10.6 Å². The van der Waals surface area contributed by atoms with Crippen LogP contribution in [0.3, 0.4) is 0 Å². The van der Waals surface area contributed by atoms with Gasteiger partial charge in [0.1, 0.15) is 11.5 Å². The van der Waals surface area contributed by atoms with Crippen molar-refractivity contribution >= 4 is 23.1 Å². The lowest BCUT2D eigenvalue weighted by Gasteiger charge is -2.15. The van der Waals surface area contributed by atoms with Gasteiger partial charge in [0, 0.05) is 20.0 Å². The van der Waals surface area contributed by atoms with Gasteiger partial charge in [-0.2, -0.15) is 0 Å². The number of nitrogens with zero attached hydrogens (tertiary/aromatic N) is 1. The molecule has 0 aliphatic rings. The number of furan rings is 1. The van der Waals surface area contributed by atoms with Gasteiger partial charge in [0.25, 0.3) is 5.91 Å². The zero-order valence-electron chi connectivity index (χ0n) is 9.74. The summed E-state index contributed by atoms with van der Waals surface area (Å²) < 4.78 is 5.31. The molecule has 0 bridgehead atoms. The molecule has 0 saturated carbocycles. The van der Waals surface area contributed by atoms with Crippen LogP contribution in [-0.4, -0.2) is 29.4 Å². The third-order valence-corrected chi connectivity index (χ3v) is 2.52. The van der Waals surface area contributed by atoms with Crippen LogP contribution in [0.15, 0.2) is 10.5 Å². The van der Waals surface area contributed by atoms with Crippen LogP contribution >= 0.6 is 12.2 Å². The van der Waals surface area contributed by atoms with Crippen LogP contribution in [0.4, 0.5) is 0 Å². The molecule has 0 fully saturated rings. The van der Waals surface area contributed by atoms with E-state index in [9.17, 15) is 4.79 Å². The first kappa shape index (κ1) is 12.7. The fraction of sp³-hybridized carbons (Fsp3) is 0.455. The summed E-state index contributed by atoms with van der Waals surface area (Å²) in [5.74, 6) is 1.32. The van der Waals surface area contributed by atoms with E-state index in [1.54, 1.807) is 24.9 Å². The molecule has 0 atom stereocenters. The van der Waals surface area contributed by atoms with Crippen molar-refractivity contribution in [1.29, 1.82) is 0 Å². The number of amides is 1. The van der Waals surface area contributed by atoms with Gasteiger partial charge in [-0.3, -0.25) is 4.79 Å². The van der Waals surface area contributed by atoms with Gasteiger partial charge in [-0.1, -0.05) is 12.2 Å². The van der Waals surface area contributed by atoms with Crippen molar-refractivity contribution in [2.75, 3.05) is 13.6 Å². The Bertz CT molecular complexity index is 412. The minimum atomic E-state index is -0.0643. The van der Waals surface area contributed by atoms with Crippen molar-refractivity contribution in [1.82, 2.24) is 4.90 Å². The van der Waals surface area contributed by atoms with Crippen LogP contribution in [0.1, 0.15) is 28.3 Å². The molecule has 0 aromatic carbocycles. The topological polar surface area (TPSA) is 59.5 Å². The van der Waals surface area contributed by atoms with Gasteiger partial charge in [0.15, 0.2) is 0 Å². The van der Waals surface area contributed by atoms with Crippen LogP contribution in [0.2, 0.25) is 0 Å². The number of carbonyl (C=O) groups excluding carboxylic acids is 1. The van der Waals surface area contributed by atoms with Gasteiger partial charge in [0.2, 0.25) is 0 Å². The number of rotatable bonds is 4. The highest BCUT2D eigenvalue weighted by atomic mass is 32.1.